The Kier molecular flexibility index (Phi) is 2.84. The summed E-state index contributed by atoms with van der Waals surface area (Å²) in [6.45, 7) is 0. The normalized spacial score (nSPS) is 11.5. The lowest BCUT2D eigenvalue weighted by Gasteiger charge is -2.10. The minimum atomic E-state index is -1.87. The first-order valence-corrected chi connectivity index (χ1v) is 5.98. The Hall–Kier alpha value is -2.71. The number of rotatable bonds is 0. The van der Waals surface area contributed by atoms with E-state index in [1.54, 1.807) is 0 Å². The van der Waals surface area contributed by atoms with E-state index in [-0.39, 0.29) is 5.65 Å². The van der Waals surface area contributed by atoms with Crippen LogP contribution < -0.4 is 11.2 Å². The van der Waals surface area contributed by atoms with Crippen LogP contribution in [0.15, 0.2) is 15.7 Å². The predicted molar refractivity (Wildman–Crippen MR) is 69.6 cm³/mol. The number of benzene rings is 1. The lowest BCUT2D eigenvalue weighted by atomic mass is 10.1. The Morgan fingerprint density at radius 3 is 2.18 bits per heavy atom. The lowest BCUT2D eigenvalue weighted by Crippen LogP contribution is -2.37. The first-order chi connectivity index (χ1) is 10.3. The van der Waals surface area contributed by atoms with Crippen LogP contribution >= 0.6 is 0 Å². The van der Waals surface area contributed by atoms with Crippen LogP contribution in [0.1, 0.15) is 0 Å². The van der Waals surface area contributed by atoms with Crippen LogP contribution in [-0.4, -0.2) is 14.1 Å². The molecule has 0 aliphatic rings. The van der Waals surface area contributed by atoms with Gasteiger partial charge in [-0.15, -0.1) is 0 Å². The van der Waals surface area contributed by atoms with E-state index in [0.29, 0.717) is 10.6 Å². The van der Waals surface area contributed by atoms with Crippen LogP contribution in [0.25, 0.3) is 21.9 Å². The van der Waals surface area contributed by atoms with Crippen LogP contribution in [0.3, 0.4) is 0 Å². The van der Waals surface area contributed by atoms with E-state index in [4.69, 9.17) is 0 Å². The molecule has 1 aromatic carbocycles. The molecule has 0 fully saturated rings. The molecule has 0 saturated carbocycles. The standard InChI is InChI=1S/C13H7F4N3O2/c1-19-11-7(12(21)20(2)13(19)22)9(16)6-5(18-11)3-4(14)8(15)10(6)17/h3H,1-2H3. The van der Waals surface area contributed by atoms with Crippen LogP contribution in [0.4, 0.5) is 17.6 Å². The van der Waals surface area contributed by atoms with Crippen molar-refractivity contribution in [3.8, 4) is 0 Å². The fourth-order valence-corrected chi connectivity index (χ4v) is 2.28. The number of pyridine rings is 1. The maximum atomic E-state index is 14.5. The number of nitrogens with zero attached hydrogens (tertiary/aromatic N) is 3. The molecule has 0 radical (unpaired) electrons. The van der Waals surface area contributed by atoms with Gasteiger partial charge in [0.15, 0.2) is 28.9 Å². The summed E-state index contributed by atoms with van der Waals surface area (Å²) in [6.07, 6.45) is 0. The molecule has 0 atom stereocenters. The number of halogens is 4. The zero-order valence-corrected chi connectivity index (χ0v) is 11.2. The molecule has 5 nitrogen and oxygen atoms in total. The second kappa shape index (κ2) is 4.39. The third-order valence-corrected chi connectivity index (χ3v) is 3.44. The van der Waals surface area contributed by atoms with Gasteiger partial charge in [-0.2, -0.15) is 0 Å². The molecule has 3 aromatic rings. The van der Waals surface area contributed by atoms with Crippen molar-refractivity contribution in [2.75, 3.05) is 0 Å². The molecule has 0 saturated heterocycles. The number of aryl methyl sites for hydroxylation is 1. The van der Waals surface area contributed by atoms with Crippen molar-refractivity contribution in [2.45, 2.75) is 0 Å². The van der Waals surface area contributed by atoms with Gasteiger partial charge in [-0.05, 0) is 0 Å². The molecule has 0 aliphatic carbocycles. The highest BCUT2D eigenvalue weighted by Crippen LogP contribution is 2.27. The van der Waals surface area contributed by atoms with Gasteiger partial charge in [-0.3, -0.25) is 13.9 Å². The fraction of sp³-hybridized carbons (Fsp3) is 0.154. The molecule has 0 bridgehead atoms. The molecular weight excluding hydrogens is 306 g/mol. The van der Waals surface area contributed by atoms with Gasteiger partial charge in [0.25, 0.3) is 5.56 Å². The third-order valence-electron chi connectivity index (χ3n) is 3.44. The first kappa shape index (κ1) is 14.2. The molecule has 9 heteroatoms. The monoisotopic (exact) mass is 313 g/mol. The van der Waals surface area contributed by atoms with Gasteiger partial charge in [0.1, 0.15) is 5.39 Å². The summed E-state index contributed by atoms with van der Waals surface area (Å²) in [4.78, 5) is 27.5. The van der Waals surface area contributed by atoms with Crippen molar-refractivity contribution < 1.29 is 17.6 Å². The van der Waals surface area contributed by atoms with E-state index in [1.807, 2.05) is 0 Å². The molecule has 0 aliphatic heterocycles. The third kappa shape index (κ3) is 1.62. The molecule has 0 spiro atoms. The number of aromatic nitrogens is 3. The molecule has 2 aromatic heterocycles. The second-order valence-electron chi connectivity index (χ2n) is 4.71. The minimum Gasteiger partial charge on any atom is -0.280 e. The fourth-order valence-electron chi connectivity index (χ4n) is 2.28. The molecule has 114 valence electrons. The Labute approximate surface area is 119 Å². The average Bonchev–Trinajstić information content (AvgIpc) is 2.48. The van der Waals surface area contributed by atoms with Crippen LogP contribution in [0.2, 0.25) is 0 Å². The van der Waals surface area contributed by atoms with Crippen molar-refractivity contribution >= 4 is 21.9 Å². The summed E-state index contributed by atoms with van der Waals surface area (Å²) in [5.74, 6) is -6.59. The Morgan fingerprint density at radius 2 is 1.55 bits per heavy atom. The topological polar surface area (TPSA) is 56.9 Å². The van der Waals surface area contributed by atoms with Gasteiger partial charge in [0.05, 0.1) is 10.9 Å². The Morgan fingerprint density at radius 1 is 0.909 bits per heavy atom. The molecular formula is C13H7F4N3O2. The van der Waals surface area contributed by atoms with E-state index in [2.05, 4.69) is 4.98 Å². The summed E-state index contributed by atoms with van der Waals surface area (Å²) in [5, 5.41) is -1.62. The predicted octanol–water partition coefficient (Wildman–Crippen LogP) is 1.34. The van der Waals surface area contributed by atoms with Crippen molar-refractivity contribution in [1.29, 1.82) is 0 Å². The molecule has 3 rings (SSSR count). The summed E-state index contributed by atoms with van der Waals surface area (Å²) in [7, 11) is 2.33. The zero-order valence-electron chi connectivity index (χ0n) is 11.2. The zero-order chi connectivity index (χ0) is 16.3. The first-order valence-electron chi connectivity index (χ1n) is 5.98. The molecule has 0 amide bonds. The lowest BCUT2D eigenvalue weighted by molar-refractivity contribution is 0.451. The van der Waals surface area contributed by atoms with Gasteiger partial charge in [-0.1, -0.05) is 0 Å². The quantitative estimate of drug-likeness (QED) is 0.357. The van der Waals surface area contributed by atoms with Crippen molar-refractivity contribution in [3.05, 3.63) is 50.2 Å². The highest BCUT2D eigenvalue weighted by molar-refractivity contribution is 5.92. The molecule has 2 heterocycles. The average molecular weight is 313 g/mol. The second-order valence-corrected chi connectivity index (χ2v) is 4.71. The number of fused-ring (bicyclic) bond motifs is 2. The van der Waals surface area contributed by atoms with Crippen LogP contribution in [0.5, 0.6) is 0 Å². The largest absolute Gasteiger partial charge is 0.332 e. The molecule has 0 N–H and O–H groups in total. The van der Waals surface area contributed by atoms with Gasteiger partial charge in [-0.25, -0.2) is 27.3 Å². The number of hydrogen-bond acceptors (Lipinski definition) is 3. The van der Waals surface area contributed by atoms with E-state index >= 15 is 0 Å². The van der Waals surface area contributed by atoms with E-state index in [0.717, 1.165) is 11.6 Å². The van der Waals surface area contributed by atoms with Gasteiger partial charge in [0, 0.05) is 20.2 Å². The SMILES string of the molecule is Cn1c(=O)c2c(F)c3c(F)c(F)c(F)cc3nc2n(C)c1=O. The number of hydrogen-bond donors (Lipinski definition) is 0. The van der Waals surface area contributed by atoms with Crippen molar-refractivity contribution in [2.24, 2.45) is 14.1 Å². The van der Waals surface area contributed by atoms with Gasteiger partial charge >= 0.3 is 5.69 Å². The summed E-state index contributed by atoms with van der Waals surface area (Å²) < 4.78 is 56.3. The van der Waals surface area contributed by atoms with Gasteiger partial charge < -0.3 is 0 Å². The maximum Gasteiger partial charge on any atom is 0.332 e. The molecule has 22 heavy (non-hydrogen) atoms. The highest BCUT2D eigenvalue weighted by Gasteiger charge is 2.23. The maximum absolute atomic E-state index is 14.5. The Balaban J connectivity index is 2.75. The van der Waals surface area contributed by atoms with E-state index in [1.165, 1.54) is 7.05 Å². The highest BCUT2D eigenvalue weighted by atomic mass is 19.2. The van der Waals surface area contributed by atoms with Crippen molar-refractivity contribution in [1.82, 2.24) is 14.1 Å². The Bertz CT molecular complexity index is 1090. The van der Waals surface area contributed by atoms with Crippen LogP contribution in [0, 0.1) is 23.3 Å². The van der Waals surface area contributed by atoms with Gasteiger partial charge in [0.2, 0.25) is 0 Å². The summed E-state index contributed by atoms with van der Waals surface area (Å²) in [6, 6.07) is 0.498. The van der Waals surface area contributed by atoms with Crippen molar-refractivity contribution in [3.63, 3.8) is 0 Å². The van der Waals surface area contributed by atoms with Crippen LogP contribution in [-0.2, 0) is 14.1 Å². The summed E-state index contributed by atoms with van der Waals surface area (Å²) in [5.41, 5.74) is -2.76. The van der Waals surface area contributed by atoms with E-state index < -0.39 is 50.8 Å². The summed E-state index contributed by atoms with van der Waals surface area (Å²) >= 11 is 0. The minimum absolute atomic E-state index is 0.386. The van der Waals surface area contributed by atoms with E-state index in [9.17, 15) is 27.2 Å². The smallest absolute Gasteiger partial charge is 0.280 e. The molecule has 0 unspecified atom stereocenters.